The van der Waals surface area contributed by atoms with E-state index in [-0.39, 0.29) is 17.0 Å². The van der Waals surface area contributed by atoms with E-state index in [1.54, 1.807) is 0 Å². The summed E-state index contributed by atoms with van der Waals surface area (Å²) in [6.07, 6.45) is -7.46. The fraction of sp³-hybridized carbons (Fsp3) is 0.290. The van der Waals surface area contributed by atoms with Crippen LogP contribution < -0.4 is 4.74 Å². The second-order valence-corrected chi connectivity index (χ2v) is 11.2. The zero-order valence-corrected chi connectivity index (χ0v) is 23.2. The molecule has 0 saturated heterocycles. The summed E-state index contributed by atoms with van der Waals surface area (Å²) in [7, 11) is 0. The molecule has 13 heteroatoms. The molecule has 1 fully saturated rings. The molecule has 1 aliphatic rings. The van der Waals surface area contributed by atoms with Gasteiger partial charge in [-0.15, -0.1) is 0 Å². The molecule has 0 aliphatic heterocycles. The molecule has 1 aliphatic carbocycles. The van der Waals surface area contributed by atoms with Crippen molar-refractivity contribution >= 4 is 22.4 Å². The van der Waals surface area contributed by atoms with Crippen LogP contribution in [0, 0.1) is 40.8 Å². The van der Waals surface area contributed by atoms with Crippen molar-refractivity contribution in [2.45, 2.75) is 50.8 Å². The van der Waals surface area contributed by atoms with E-state index in [0.29, 0.717) is 37.0 Å². The molecule has 0 unspecified atom stereocenters. The average molecular weight is 653 g/mol. The Kier molecular flexibility index (Phi) is 8.28. The maximum absolute atomic E-state index is 15.1. The van der Waals surface area contributed by atoms with Crippen molar-refractivity contribution in [3.63, 3.8) is 0 Å². The number of alkyl halides is 5. The highest BCUT2D eigenvalue weighted by Gasteiger charge is 2.42. The standard InChI is InChI=1S/C31H20ClF11O/c1-13-2-4-14(5-3-13)17-6-8-19(27(36)25(17)34)31(42,43)44-22-9-7-18(26(35)28(22)37)15-10-16-12-21(33)24(30(39,40)41)29(38)23(16)20(32)11-15/h6-14H,2-5H2,1H3. The van der Waals surface area contributed by atoms with Gasteiger partial charge in [0.05, 0.1) is 5.02 Å². The van der Waals surface area contributed by atoms with Crippen molar-refractivity contribution < 1.29 is 53.0 Å². The van der Waals surface area contributed by atoms with Gasteiger partial charge in [0.1, 0.15) is 22.8 Å². The number of rotatable bonds is 5. The smallest absolute Gasteiger partial charge is 0.426 e. The molecule has 0 amide bonds. The second-order valence-electron chi connectivity index (χ2n) is 10.7. The summed E-state index contributed by atoms with van der Waals surface area (Å²) < 4.78 is 162. The van der Waals surface area contributed by atoms with Crippen molar-refractivity contribution in [2.75, 3.05) is 0 Å². The molecule has 0 spiro atoms. The fourth-order valence-corrected chi connectivity index (χ4v) is 5.84. The predicted molar refractivity (Wildman–Crippen MR) is 140 cm³/mol. The van der Waals surface area contributed by atoms with Crippen LogP contribution in [0.15, 0.2) is 42.5 Å². The maximum atomic E-state index is 15.1. The van der Waals surface area contributed by atoms with Gasteiger partial charge in [0, 0.05) is 10.9 Å². The van der Waals surface area contributed by atoms with Crippen LogP contribution in [0.1, 0.15) is 55.2 Å². The fourth-order valence-electron chi connectivity index (χ4n) is 5.53. The van der Waals surface area contributed by atoms with Crippen molar-refractivity contribution in [2.24, 2.45) is 5.92 Å². The van der Waals surface area contributed by atoms with Gasteiger partial charge in [-0.1, -0.05) is 37.4 Å². The zero-order chi connectivity index (χ0) is 32.3. The summed E-state index contributed by atoms with van der Waals surface area (Å²) in [4.78, 5) is 0. The monoisotopic (exact) mass is 652 g/mol. The van der Waals surface area contributed by atoms with E-state index in [1.807, 2.05) is 6.92 Å². The average Bonchev–Trinajstić information content (AvgIpc) is 2.92. The molecular weight excluding hydrogens is 633 g/mol. The van der Waals surface area contributed by atoms with E-state index in [1.165, 1.54) is 0 Å². The van der Waals surface area contributed by atoms with Gasteiger partial charge < -0.3 is 4.74 Å². The minimum Gasteiger partial charge on any atom is -0.426 e. The molecule has 0 heterocycles. The zero-order valence-electron chi connectivity index (χ0n) is 22.5. The van der Waals surface area contributed by atoms with E-state index in [2.05, 4.69) is 4.74 Å². The first-order chi connectivity index (χ1) is 20.5. The molecule has 44 heavy (non-hydrogen) atoms. The number of benzene rings is 4. The number of hydrogen-bond acceptors (Lipinski definition) is 1. The molecule has 0 aromatic heterocycles. The lowest BCUT2D eigenvalue weighted by Gasteiger charge is -2.27. The summed E-state index contributed by atoms with van der Waals surface area (Å²) in [5.41, 5.74) is -4.88. The van der Waals surface area contributed by atoms with Gasteiger partial charge in [0.25, 0.3) is 0 Å². The lowest BCUT2D eigenvalue weighted by atomic mass is 9.79. The van der Waals surface area contributed by atoms with E-state index in [4.69, 9.17) is 11.6 Å². The van der Waals surface area contributed by atoms with Gasteiger partial charge in [-0.25, -0.2) is 22.0 Å². The third-order valence-electron chi connectivity index (χ3n) is 7.84. The highest BCUT2D eigenvalue weighted by molar-refractivity contribution is 6.36. The summed E-state index contributed by atoms with van der Waals surface area (Å²) in [5, 5.41) is -2.09. The first-order valence-corrected chi connectivity index (χ1v) is 13.6. The Morgan fingerprint density at radius 2 is 1.39 bits per heavy atom. The SMILES string of the molecule is CC1CCC(c2ccc(C(F)(F)Oc3ccc(-c4cc(Cl)c5c(F)c(C(F)(F)F)c(F)cc5c4)c(F)c3F)c(F)c2F)CC1. The minimum atomic E-state index is -5.40. The van der Waals surface area contributed by atoms with Gasteiger partial charge in [0.2, 0.25) is 5.82 Å². The van der Waals surface area contributed by atoms with Gasteiger partial charge in [-0.3, -0.25) is 0 Å². The second kappa shape index (κ2) is 11.4. The van der Waals surface area contributed by atoms with E-state index < -0.39 is 85.4 Å². The van der Waals surface area contributed by atoms with Crippen LogP contribution in [0.2, 0.25) is 5.02 Å². The largest absolute Gasteiger partial charge is 0.429 e. The number of fused-ring (bicyclic) bond motifs is 1. The summed E-state index contributed by atoms with van der Waals surface area (Å²) >= 11 is 5.93. The highest BCUT2D eigenvalue weighted by atomic mass is 35.5. The van der Waals surface area contributed by atoms with Crippen molar-refractivity contribution in [3.8, 4) is 16.9 Å². The molecular formula is C31H20ClF11O. The number of hydrogen-bond donors (Lipinski definition) is 0. The number of ether oxygens (including phenoxy) is 1. The third kappa shape index (κ3) is 5.68. The van der Waals surface area contributed by atoms with Gasteiger partial charge in [-0.05, 0) is 77.6 Å². The normalized spacial score (nSPS) is 17.8. The lowest BCUT2D eigenvalue weighted by molar-refractivity contribution is -0.189. The Bertz CT molecular complexity index is 1760. The molecule has 4 aromatic carbocycles. The van der Waals surface area contributed by atoms with E-state index in [0.717, 1.165) is 37.1 Å². The van der Waals surface area contributed by atoms with Crippen LogP contribution >= 0.6 is 11.6 Å². The molecule has 0 atom stereocenters. The van der Waals surface area contributed by atoms with Crippen LogP contribution in [0.25, 0.3) is 21.9 Å². The summed E-state index contributed by atoms with van der Waals surface area (Å²) in [6.45, 7) is 2.01. The Labute approximate surface area is 248 Å². The summed E-state index contributed by atoms with van der Waals surface area (Å²) in [5.74, 6) is -12.6. The molecule has 1 nitrogen and oxygen atoms in total. The third-order valence-corrected chi connectivity index (χ3v) is 8.14. The topological polar surface area (TPSA) is 9.23 Å². The van der Waals surface area contributed by atoms with Crippen LogP contribution in [-0.4, -0.2) is 0 Å². The minimum absolute atomic E-state index is 0.0704. The lowest BCUT2D eigenvalue weighted by Crippen LogP contribution is -2.25. The first-order valence-electron chi connectivity index (χ1n) is 13.2. The van der Waals surface area contributed by atoms with Crippen LogP contribution in [-0.2, 0) is 12.3 Å². The van der Waals surface area contributed by atoms with Crippen molar-refractivity contribution in [1.29, 1.82) is 0 Å². The maximum Gasteiger partial charge on any atom is 0.429 e. The van der Waals surface area contributed by atoms with Crippen molar-refractivity contribution in [1.82, 2.24) is 0 Å². The van der Waals surface area contributed by atoms with E-state index in [9.17, 15) is 43.9 Å². The Hall–Kier alpha value is -3.54. The molecule has 4 aromatic rings. The molecule has 0 N–H and O–H groups in total. The first kappa shape index (κ1) is 31.9. The molecule has 0 bridgehead atoms. The Balaban J connectivity index is 1.47. The van der Waals surface area contributed by atoms with E-state index >= 15 is 4.39 Å². The van der Waals surface area contributed by atoms with Crippen LogP contribution in [0.5, 0.6) is 5.75 Å². The number of halogens is 12. The quantitative estimate of drug-likeness (QED) is 0.195. The molecule has 0 radical (unpaired) electrons. The molecule has 1 saturated carbocycles. The van der Waals surface area contributed by atoms with Crippen LogP contribution in [0.4, 0.5) is 48.3 Å². The Morgan fingerprint density at radius 3 is 2.02 bits per heavy atom. The Morgan fingerprint density at radius 1 is 0.727 bits per heavy atom. The van der Waals surface area contributed by atoms with Gasteiger partial charge in [-0.2, -0.15) is 26.3 Å². The summed E-state index contributed by atoms with van der Waals surface area (Å²) in [6, 6.07) is 4.78. The molecule has 5 rings (SSSR count). The van der Waals surface area contributed by atoms with Crippen molar-refractivity contribution in [3.05, 3.63) is 99.1 Å². The van der Waals surface area contributed by atoms with Gasteiger partial charge >= 0.3 is 12.3 Å². The highest BCUT2D eigenvalue weighted by Crippen LogP contribution is 2.43. The predicted octanol–water partition coefficient (Wildman–Crippen LogP) is 11.4. The van der Waals surface area contributed by atoms with Gasteiger partial charge in [0.15, 0.2) is 23.2 Å². The molecule has 234 valence electrons. The van der Waals surface area contributed by atoms with Crippen LogP contribution in [0.3, 0.4) is 0 Å².